The molecular weight excluding hydrogens is 174 g/mol. The van der Waals surface area contributed by atoms with Crippen LogP contribution in [0.15, 0.2) is 12.3 Å². The Morgan fingerprint density at radius 1 is 1.36 bits per heavy atom. The summed E-state index contributed by atoms with van der Waals surface area (Å²) in [5.41, 5.74) is 1.32. The topological polar surface area (TPSA) is 21.1 Å². The van der Waals surface area contributed by atoms with Gasteiger partial charge >= 0.3 is 0 Å². The second kappa shape index (κ2) is 4.13. The normalized spacial score (nSPS) is 12.4. The highest BCUT2D eigenvalue weighted by Crippen LogP contribution is 2.19. The summed E-state index contributed by atoms with van der Waals surface area (Å²) in [5.74, 6) is 0. The van der Waals surface area contributed by atoms with Gasteiger partial charge in [0.2, 0.25) is 0 Å². The van der Waals surface area contributed by atoms with Gasteiger partial charge in [-0.15, -0.1) is 0 Å². The Bertz CT molecular complexity index is 281. The van der Waals surface area contributed by atoms with Gasteiger partial charge in [0.25, 0.3) is 0 Å². The van der Waals surface area contributed by atoms with Crippen LogP contribution in [0.1, 0.15) is 26.5 Å². The molecule has 0 fully saturated rings. The van der Waals surface area contributed by atoms with Gasteiger partial charge in [-0.3, -0.25) is 4.68 Å². The standard InChI is InChI=1S/C11H21N3/c1-11(2,3)10-6-7-14(12-10)9-8-13(4)5/h6-7H,8-9H2,1-5H3. The van der Waals surface area contributed by atoms with Crippen molar-refractivity contribution in [2.45, 2.75) is 32.7 Å². The molecule has 1 heterocycles. The van der Waals surface area contributed by atoms with Gasteiger partial charge in [-0.1, -0.05) is 20.8 Å². The van der Waals surface area contributed by atoms with E-state index in [-0.39, 0.29) is 5.41 Å². The zero-order chi connectivity index (χ0) is 10.8. The molecule has 14 heavy (non-hydrogen) atoms. The summed E-state index contributed by atoms with van der Waals surface area (Å²) in [6.45, 7) is 8.55. The number of likely N-dealkylation sites (N-methyl/N-ethyl adjacent to an activating group) is 1. The molecule has 0 N–H and O–H groups in total. The lowest BCUT2D eigenvalue weighted by Gasteiger charge is -2.14. The van der Waals surface area contributed by atoms with Crippen molar-refractivity contribution in [1.82, 2.24) is 14.7 Å². The lowest BCUT2D eigenvalue weighted by Crippen LogP contribution is -2.19. The molecule has 0 unspecified atom stereocenters. The lowest BCUT2D eigenvalue weighted by molar-refractivity contribution is 0.371. The third-order valence-corrected chi connectivity index (χ3v) is 2.19. The SMILES string of the molecule is CN(C)CCn1ccc(C(C)(C)C)n1. The van der Waals surface area contributed by atoms with E-state index in [4.69, 9.17) is 0 Å². The maximum atomic E-state index is 4.54. The summed E-state index contributed by atoms with van der Waals surface area (Å²) in [5, 5.41) is 4.54. The predicted molar refractivity (Wildman–Crippen MR) is 59.5 cm³/mol. The Balaban J connectivity index is 2.60. The maximum absolute atomic E-state index is 4.54. The van der Waals surface area contributed by atoms with Crippen molar-refractivity contribution in [3.8, 4) is 0 Å². The number of hydrogen-bond donors (Lipinski definition) is 0. The molecule has 1 aromatic rings. The molecule has 0 aliphatic carbocycles. The van der Waals surface area contributed by atoms with Crippen molar-refractivity contribution >= 4 is 0 Å². The van der Waals surface area contributed by atoms with Crippen LogP contribution < -0.4 is 0 Å². The van der Waals surface area contributed by atoms with Crippen LogP contribution in [0.5, 0.6) is 0 Å². The Kier molecular flexibility index (Phi) is 3.32. The Labute approximate surface area is 86.7 Å². The highest BCUT2D eigenvalue weighted by atomic mass is 15.3. The average Bonchev–Trinajstić information content (AvgIpc) is 2.47. The van der Waals surface area contributed by atoms with Crippen molar-refractivity contribution < 1.29 is 0 Å². The van der Waals surface area contributed by atoms with Gasteiger partial charge in [-0.25, -0.2) is 0 Å². The van der Waals surface area contributed by atoms with Gasteiger partial charge in [0, 0.05) is 18.2 Å². The second-order valence-corrected chi connectivity index (χ2v) is 5.02. The maximum Gasteiger partial charge on any atom is 0.0677 e. The molecule has 0 bridgehead atoms. The molecule has 0 saturated carbocycles. The molecule has 0 aliphatic rings. The van der Waals surface area contributed by atoms with Crippen LogP contribution in [0.25, 0.3) is 0 Å². The number of rotatable bonds is 3. The van der Waals surface area contributed by atoms with Crippen molar-refractivity contribution in [3.63, 3.8) is 0 Å². The fourth-order valence-corrected chi connectivity index (χ4v) is 1.19. The van der Waals surface area contributed by atoms with Crippen LogP contribution in [-0.2, 0) is 12.0 Å². The Morgan fingerprint density at radius 2 is 2.00 bits per heavy atom. The number of hydrogen-bond acceptors (Lipinski definition) is 2. The van der Waals surface area contributed by atoms with Gasteiger partial charge in [-0.2, -0.15) is 5.10 Å². The van der Waals surface area contributed by atoms with Gasteiger partial charge in [0.1, 0.15) is 0 Å². The summed E-state index contributed by atoms with van der Waals surface area (Å²) in [6.07, 6.45) is 2.06. The highest BCUT2D eigenvalue weighted by molar-refractivity contribution is 5.10. The van der Waals surface area contributed by atoms with Gasteiger partial charge in [0.15, 0.2) is 0 Å². The van der Waals surface area contributed by atoms with Gasteiger partial charge in [-0.05, 0) is 20.2 Å². The first-order valence-electron chi connectivity index (χ1n) is 5.08. The first-order chi connectivity index (χ1) is 6.39. The van der Waals surface area contributed by atoms with E-state index in [1.165, 1.54) is 0 Å². The molecule has 0 amide bonds. The van der Waals surface area contributed by atoms with Crippen molar-refractivity contribution in [1.29, 1.82) is 0 Å². The zero-order valence-electron chi connectivity index (χ0n) is 9.91. The largest absolute Gasteiger partial charge is 0.308 e. The molecule has 0 atom stereocenters. The summed E-state index contributed by atoms with van der Waals surface area (Å²) in [6, 6.07) is 2.11. The van der Waals surface area contributed by atoms with E-state index in [2.05, 4.69) is 57.1 Å². The minimum atomic E-state index is 0.156. The van der Waals surface area contributed by atoms with E-state index in [1.54, 1.807) is 0 Å². The third kappa shape index (κ3) is 3.14. The van der Waals surface area contributed by atoms with E-state index >= 15 is 0 Å². The third-order valence-electron chi connectivity index (χ3n) is 2.19. The van der Waals surface area contributed by atoms with Crippen LogP contribution >= 0.6 is 0 Å². The summed E-state index contributed by atoms with van der Waals surface area (Å²) >= 11 is 0. The fraction of sp³-hybridized carbons (Fsp3) is 0.727. The first-order valence-corrected chi connectivity index (χ1v) is 5.08. The van der Waals surface area contributed by atoms with Gasteiger partial charge < -0.3 is 4.90 Å². The second-order valence-electron chi connectivity index (χ2n) is 5.02. The van der Waals surface area contributed by atoms with Gasteiger partial charge in [0.05, 0.1) is 12.2 Å². The molecule has 3 nitrogen and oxygen atoms in total. The number of aromatic nitrogens is 2. The average molecular weight is 195 g/mol. The number of nitrogens with zero attached hydrogens (tertiary/aromatic N) is 3. The van der Waals surface area contributed by atoms with Crippen LogP contribution in [-0.4, -0.2) is 35.3 Å². The molecule has 0 aromatic carbocycles. The monoisotopic (exact) mass is 195 g/mol. The summed E-state index contributed by atoms with van der Waals surface area (Å²) in [7, 11) is 4.16. The fourth-order valence-electron chi connectivity index (χ4n) is 1.19. The molecular formula is C11H21N3. The minimum absolute atomic E-state index is 0.156. The van der Waals surface area contributed by atoms with Crippen molar-refractivity contribution in [2.24, 2.45) is 0 Å². The molecule has 1 aromatic heterocycles. The molecule has 0 saturated heterocycles. The van der Waals surface area contributed by atoms with Crippen LogP contribution in [0.3, 0.4) is 0 Å². The summed E-state index contributed by atoms with van der Waals surface area (Å²) in [4.78, 5) is 2.17. The van der Waals surface area contributed by atoms with E-state index in [9.17, 15) is 0 Å². The van der Waals surface area contributed by atoms with Crippen LogP contribution in [0.4, 0.5) is 0 Å². The highest BCUT2D eigenvalue weighted by Gasteiger charge is 2.16. The van der Waals surface area contributed by atoms with Crippen molar-refractivity contribution in [3.05, 3.63) is 18.0 Å². The lowest BCUT2D eigenvalue weighted by atomic mass is 9.93. The van der Waals surface area contributed by atoms with Crippen molar-refractivity contribution in [2.75, 3.05) is 20.6 Å². The Hall–Kier alpha value is -0.830. The Morgan fingerprint density at radius 3 is 2.43 bits per heavy atom. The molecule has 0 spiro atoms. The van der Waals surface area contributed by atoms with Crippen LogP contribution in [0, 0.1) is 0 Å². The van der Waals surface area contributed by atoms with E-state index in [1.807, 2.05) is 4.68 Å². The smallest absolute Gasteiger partial charge is 0.0677 e. The van der Waals surface area contributed by atoms with E-state index < -0.39 is 0 Å². The predicted octanol–water partition coefficient (Wildman–Crippen LogP) is 1.74. The quantitative estimate of drug-likeness (QED) is 0.732. The molecule has 3 heteroatoms. The van der Waals surface area contributed by atoms with E-state index in [0.717, 1.165) is 18.8 Å². The molecule has 0 radical (unpaired) electrons. The molecule has 80 valence electrons. The van der Waals surface area contributed by atoms with Crippen LogP contribution in [0.2, 0.25) is 0 Å². The molecule has 0 aliphatic heterocycles. The first kappa shape index (κ1) is 11.2. The van der Waals surface area contributed by atoms with E-state index in [0.29, 0.717) is 0 Å². The zero-order valence-corrected chi connectivity index (χ0v) is 9.91. The molecule has 1 rings (SSSR count). The summed E-state index contributed by atoms with van der Waals surface area (Å²) < 4.78 is 2.01. The minimum Gasteiger partial charge on any atom is -0.308 e.